The Hall–Kier alpha value is -1.43. The Balaban J connectivity index is 3.51. The quantitative estimate of drug-likeness (QED) is 0.0361. The van der Waals surface area contributed by atoms with Crippen LogP contribution in [0, 0.1) is 0 Å². The van der Waals surface area contributed by atoms with Crippen LogP contribution in [0.1, 0.15) is 361 Å². The average molecular weight is 1010 g/mol. The van der Waals surface area contributed by atoms with Crippen molar-refractivity contribution in [1.82, 2.24) is 5.32 Å². The number of allylic oxidation sites excluding steroid dienone is 6. The lowest BCUT2D eigenvalue weighted by Gasteiger charge is -2.26. The van der Waals surface area contributed by atoms with Crippen LogP contribution >= 0.6 is 0 Å². The molecule has 0 aliphatic rings. The Kier molecular flexibility index (Phi) is 60.9. The third-order valence-corrected chi connectivity index (χ3v) is 15.4. The van der Waals surface area contributed by atoms with Gasteiger partial charge >= 0.3 is 0 Å². The van der Waals surface area contributed by atoms with E-state index in [1.807, 2.05) is 0 Å². The van der Waals surface area contributed by atoms with E-state index in [9.17, 15) is 20.1 Å². The van der Waals surface area contributed by atoms with Crippen molar-refractivity contribution in [3.05, 3.63) is 36.5 Å². The molecule has 0 saturated carbocycles. The number of aliphatic hydroxyl groups excluding tert-OH is 3. The first kappa shape index (κ1) is 70.6. The smallest absolute Gasteiger partial charge is 0.220 e. The highest BCUT2D eigenvalue weighted by atomic mass is 16.3. The van der Waals surface area contributed by atoms with Gasteiger partial charge in [-0.1, -0.05) is 314 Å². The molecule has 0 rings (SSSR count). The Bertz CT molecular complexity index is 1120. The summed E-state index contributed by atoms with van der Waals surface area (Å²) < 4.78 is 0. The first-order valence-corrected chi connectivity index (χ1v) is 32.8. The van der Waals surface area contributed by atoms with Crippen LogP contribution in [-0.2, 0) is 4.79 Å². The minimum Gasteiger partial charge on any atom is -0.394 e. The predicted octanol–water partition coefficient (Wildman–Crippen LogP) is 21.0. The van der Waals surface area contributed by atoms with Gasteiger partial charge in [0.15, 0.2) is 0 Å². The maximum atomic E-state index is 12.6. The molecule has 0 heterocycles. The standard InChI is InChI=1S/C67H129NO4/c1-3-5-7-9-11-13-15-17-19-21-23-25-27-28-29-30-31-32-33-34-35-36-37-38-40-42-44-46-48-50-52-54-56-58-60-62-66(71)68-64(63-69)67(72)65(70)61-59-57-55-53-51-49-47-45-43-41-39-26-24-22-20-18-16-14-12-10-8-6-4-2/h30-31,45,47,53,55,64-65,67,69-70,72H,3-29,32-44,46,48-52,54,56-63H2,1-2H3,(H,68,71)/b31-30-,47-45+,55-53+. The fraction of sp³-hybridized carbons (Fsp3) is 0.896. The molecule has 1 amide bonds. The van der Waals surface area contributed by atoms with Crippen LogP contribution in [0.15, 0.2) is 36.5 Å². The number of amides is 1. The Morgan fingerprint density at radius 1 is 0.333 bits per heavy atom. The molecule has 3 atom stereocenters. The largest absolute Gasteiger partial charge is 0.394 e. The number of carbonyl (C=O) groups is 1. The minimum absolute atomic E-state index is 0.152. The molecule has 0 spiro atoms. The number of nitrogens with one attached hydrogen (secondary N) is 1. The van der Waals surface area contributed by atoms with Gasteiger partial charge in [0.05, 0.1) is 18.8 Å². The van der Waals surface area contributed by atoms with Gasteiger partial charge in [-0.3, -0.25) is 4.79 Å². The summed E-state index contributed by atoms with van der Waals surface area (Å²) in [6, 6.07) is -0.833. The molecule has 0 saturated heterocycles. The summed E-state index contributed by atoms with van der Waals surface area (Å²) in [5.74, 6) is -0.152. The molecule has 0 bridgehead atoms. The van der Waals surface area contributed by atoms with Crippen LogP contribution in [-0.4, -0.2) is 46.1 Å². The van der Waals surface area contributed by atoms with Gasteiger partial charge in [0, 0.05) is 6.42 Å². The SMILES string of the molecule is CCCCCCCCCCCCCCCC/C=C\CCCCCCCCCCCCCCCCCCCC(=O)NC(CO)C(O)C(O)CCC/C=C/CC/C=C/CCCCCCCCCCCCCCCC. The summed E-state index contributed by atoms with van der Waals surface area (Å²) in [7, 11) is 0. The number of unbranched alkanes of at least 4 members (excludes halogenated alkanes) is 47. The molecule has 0 radical (unpaired) electrons. The third-order valence-electron chi connectivity index (χ3n) is 15.4. The second-order valence-corrected chi connectivity index (χ2v) is 22.7. The second-order valence-electron chi connectivity index (χ2n) is 22.7. The van der Waals surface area contributed by atoms with E-state index in [1.54, 1.807) is 0 Å². The maximum absolute atomic E-state index is 12.6. The van der Waals surface area contributed by atoms with E-state index in [0.29, 0.717) is 12.8 Å². The van der Waals surface area contributed by atoms with Crippen molar-refractivity contribution in [2.75, 3.05) is 6.61 Å². The van der Waals surface area contributed by atoms with Gasteiger partial charge in [-0.15, -0.1) is 0 Å². The van der Waals surface area contributed by atoms with Crippen LogP contribution < -0.4 is 5.32 Å². The molecule has 3 unspecified atom stereocenters. The van der Waals surface area contributed by atoms with Gasteiger partial charge < -0.3 is 20.6 Å². The van der Waals surface area contributed by atoms with E-state index in [-0.39, 0.29) is 12.5 Å². The van der Waals surface area contributed by atoms with Crippen molar-refractivity contribution in [3.8, 4) is 0 Å². The predicted molar refractivity (Wildman–Crippen MR) is 319 cm³/mol. The third kappa shape index (κ3) is 56.3. The zero-order valence-electron chi connectivity index (χ0n) is 48.8. The molecular weight excluding hydrogens is 883 g/mol. The zero-order chi connectivity index (χ0) is 52.2. The monoisotopic (exact) mass is 1010 g/mol. The number of hydrogen-bond acceptors (Lipinski definition) is 4. The highest BCUT2D eigenvalue weighted by Gasteiger charge is 2.26. The molecule has 0 aromatic heterocycles. The summed E-state index contributed by atoms with van der Waals surface area (Å²) in [5, 5.41) is 33.8. The van der Waals surface area contributed by atoms with Crippen molar-refractivity contribution in [3.63, 3.8) is 0 Å². The molecule has 426 valence electrons. The van der Waals surface area contributed by atoms with Gasteiger partial charge in [-0.2, -0.15) is 0 Å². The minimum atomic E-state index is -1.17. The molecule has 5 heteroatoms. The molecule has 5 nitrogen and oxygen atoms in total. The van der Waals surface area contributed by atoms with E-state index in [2.05, 4.69) is 55.6 Å². The van der Waals surface area contributed by atoms with Crippen LogP contribution in [0.4, 0.5) is 0 Å². The Morgan fingerprint density at radius 2 is 0.569 bits per heavy atom. The van der Waals surface area contributed by atoms with Crippen molar-refractivity contribution in [2.24, 2.45) is 0 Å². The summed E-state index contributed by atoms with van der Waals surface area (Å²) >= 11 is 0. The lowest BCUT2D eigenvalue weighted by Crippen LogP contribution is -2.50. The zero-order valence-corrected chi connectivity index (χ0v) is 48.8. The summed E-state index contributed by atoms with van der Waals surface area (Å²) in [6.07, 6.45) is 82.1. The molecular formula is C67H129NO4. The number of rotatable bonds is 61. The lowest BCUT2D eigenvalue weighted by atomic mass is 10.0. The summed E-state index contributed by atoms with van der Waals surface area (Å²) in [5.41, 5.74) is 0. The highest BCUT2D eigenvalue weighted by Crippen LogP contribution is 2.18. The van der Waals surface area contributed by atoms with E-state index in [1.165, 1.54) is 289 Å². The van der Waals surface area contributed by atoms with Crippen molar-refractivity contribution < 1.29 is 20.1 Å². The fourth-order valence-electron chi connectivity index (χ4n) is 10.4. The van der Waals surface area contributed by atoms with E-state index >= 15 is 0 Å². The van der Waals surface area contributed by atoms with Crippen molar-refractivity contribution >= 4 is 5.91 Å². The van der Waals surface area contributed by atoms with E-state index in [4.69, 9.17) is 0 Å². The Labute approximate surface area is 451 Å². The average Bonchev–Trinajstić information content (AvgIpc) is 3.39. The topological polar surface area (TPSA) is 89.8 Å². The van der Waals surface area contributed by atoms with Crippen LogP contribution in [0.5, 0.6) is 0 Å². The lowest BCUT2D eigenvalue weighted by molar-refractivity contribution is -0.124. The Morgan fingerprint density at radius 3 is 0.847 bits per heavy atom. The van der Waals surface area contributed by atoms with Crippen LogP contribution in [0.25, 0.3) is 0 Å². The molecule has 0 aliphatic carbocycles. The highest BCUT2D eigenvalue weighted by molar-refractivity contribution is 5.76. The van der Waals surface area contributed by atoms with Crippen LogP contribution in [0.3, 0.4) is 0 Å². The molecule has 0 aromatic rings. The number of hydrogen-bond donors (Lipinski definition) is 4. The van der Waals surface area contributed by atoms with E-state index in [0.717, 1.165) is 44.9 Å². The van der Waals surface area contributed by atoms with E-state index < -0.39 is 18.2 Å². The van der Waals surface area contributed by atoms with Gasteiger partial charge in [0.1, 0.15) is 6.10 Å². The second kappa shape index (κ2) is 62.1. The molecule has 72 heavy (non-hydrogen) atoms. The normalized spacial score (nSPS) is 13.3. The van der Waals surface area contributed by atoms with Gasteiger partial charge in [0.2, 0.25) is 5.91 Å². The van der Waals surface area contributed by atoms with Gasteiger partial charge in [-0.05, 0) is 77.0 Å². The fourth-order valence-corrected chi connectivity index (χ4v) is 10.4. The molecule has 4 N–H and O–H groups in total. The molecule has 0 fully saturated rings. The summed E-state index contributed by atoms with van der Waals surface area (Å²) in [6.45, 7) is 4.21. The number of aliphatic hydroxyl groups is 3. The maximum Gasteiger partial charge on any atom is 0.220 e. The van der Waals surface area contributed by atoms with Crippen molar-refractivity contribution in [1.29, 1.82) is 0 Å². The first-order chi connectivity index (χ1) is 35.6. The molecule has 0 aromatic carbocycles. The van der Waals surface area contributed by atoms with Crippen molar-refractivity contribution in [2.45, 2.75) is 379 Å². The van der Waals surface area contributed by atoms with Gasteiger partial charge in [0.25, 0.3) is 0 Å². The summed E-state index contributed by atoms with van der Waals surface area (Å²) in [4.78, 5) is 12.6. The first-order valence-electron chi connectivity index (χ1n) is 32.8. The molecule has 0 aliphatic heterocycles. The number of carbonyl (C=O) groups excluding carboxylic acids is 1. The van der Waals surface area contributed by atoms with Gasteiger partial charge in [-0.25, -0.2) is 0 Å². The van der Waals surface area contributed by atoms with Crippen LogP contribution in [0.2, 0.25) is 0 Å².